The predicted octanol–water partition coefficient (Wildman–Crippen LogP) is 0.627. The first-order valence-electron chi connectivity index (χ1n) is 3.35. The lowest BCUT2D eigenvalue weighted by Gasteiger charge is -1.95. The van der Waals surface area contributed by atoms with Crippen molar-refractivity contribution in [2.45, 2.75) is 0 Å². The minimum Gasteiger partial charge on any atom is -0.396 e. The first-order chi connectivity index (χ1) is 5.74. The van der Waals surface area contributed by atoms with Gasteiger partial charge >= 0.3 is 0 Å². The Morgan fingerprint density at radius 1 is 1.50 bits per heavy atom. The third-order valence-corrected chi connectivity index (χ3v) is 1.50. The van der Waals surface area contributed by atoms with Gasteiger partial charge in [0.15, 0.2) is 5.15 Å². The molecular formula is C8H8ClN3. The number of pyridine rings is 1. The largest absolute Gasteiger partial charge is 0.396 e. The van der Waals surface area contributed by atoms with Gasteiger partial charge in [-0.1, -0.05) is 17.5 Å². The first kappa shape index (κ1) is 8.85. The van der Waals surface area contributed by atoms with E-state index >= 15 is 0 Å². The second-order valence-corrected chi connectivity index (χ2v) is 2.44. The molecule has 0 atom stereocenters. The molecular weight excluding hydrogens is 174 g/mol. The molecule has 0 radical (unpaired) electrons. The standard InChI is InChI=1S/C8H8ClN3/c9-8-7(11)4-3-6(12-8)2-1-5-10/h3-4H,5,10-11H2. The maximum atomic E-state index is 5.66. The summed E-state index contributed by atoms with van der Waals surface area (Å²) in [6, 6.07) is 3.36. The van der Waals surface area contributed by atoms with Gasteiger partial charge in [-0.05, 0) is 18.1 Å². The summed E-state index contributed by atoms with van der Waals surface area (Å²) in [6.45, 7) is 0.309. The lowest BCUT2D eigenvalue weighted by atomic mass is 10.3. The van der Waals surface area contributed by atoms with E-state index in [9.17, 15) is 0 Å². The van der Waals surface area contributed by atoms with Gasteiger partial charge in [0, 0.05) is 0 Å². The highest BCUT2D eigenvalue weighted by atomic mass is 35.5. The zero-order valence-corrected chi connectivity index (χ0v) is 7.10. The molecule has 0 aromatic carbocycles. The number of hydrogen-bond donors (Lipinski definition) is 2. The van der Waals surface area contributed by atoms with Gasteiger partial charge in [-0.3, -0.25) is 0 Å². The van der Waals surface area contributed by atoms with E-state index in [1.807, 2.05) is 0 Å². The molecule has 0 aliphatic rings. The number of nitrogens with two attached hydrogens (primary N) is 2. The topological polar surface area (TPSA) is 64.9 Å². The molecule has 0 aliphatic carbocycles. The molecule has 1 aromatic heterocycles. The van der Waals surface area contributed by atoms with Gasteiger partial charge in [0.2, 0.25) is 0 Å². The average Bonchev–Trinajstić information content (AvgIpc) is 2.07. The van der Waals surface area contributed by atoms with E-state index in [0.29, 0.717) is 17.9 Å². The van der Waals surface area contributed by atoms with E-state index in [1.165, 1.54) is 0 Å². The monoisotopic (exact) mass is 181 g/mol. The molecule has 0 saturated heterocycles. The van der Waals surface area contributed by atoms with Crippen molar-refractivity contribution in [3.8, 4) is 11.8 Å². The molecule has 3 nitrogen and oxygen atoms in total. The van der Waals surface area contributed by atoms with E-state index in [1.54, 1.807) is 12.1 Å². The van der Waals surface area contributed by atoms with Crippen LogP contribution in [-0.2, 0) is 0 Å². The Kier molecular flexibility index (Phi) is 2.92. The highest BCUT2D eigenvalue weighted by Gasteiger charge is 1.96. The van der Waals surface area contributed by atoms with Crippen LogP contribution >= 0.6 is 11.6 Å². The molecule has 12 heavy (non-hydrogen) atoms. The summed E-state index contributed by atoms with van der Waals surface area (Å²) in [5, 5.41) is 0.277. The van der Waals surface area contributed by atoms with Gasteiger partial charge in [0.1, 0.15) is 5.69 Å². The van der Waals surface area contributed by atoms with Crippen LogP contribution in [0.3, 0.4) is 0 Å². The smallest absolute Gasteiger partial charge is 0.153 e. The molecule has 0 aliphatic heterocycles. The zero-order valence-electron chi connectivity index (χ0n) is 6.34. The molecule has 1 rings (SSSR count). The first-order valence-corrected chi connectivity index (χ1v) is 3.73. The molecule has 0 saturated carbocycles. The van der Waals surface area contributed by atoms with Crippen molar-refractivity contribution in [2.24, 2.45) is 5.73 Å². The summed E-state index contributed by atoms with van der Waals surface area (Å²) in [4.78, 5) is 3.92. The minimum absolute atomic E-state index is 0.277. The SMILES string of the molecule is NCC#Cc1ccc(N)c(Cl)n1. The maximum absolute atomic E-state index is 5.66. The number of hydrogen-bond acceptors (Lipinski definition) is 3. The van der Waals surface area contributed by atoms with Crippen LogP contribution in [0.15, 0.2) is 12.1 Å². The van der Waals surface area contributed by atoms with Gasteiger partial charge < -0.3 is 11.5 Å². The number of aromatic nitrogens is 1. The normalized spacial score (nSPS) is 8.83. The molecule has 0 fully saturated rings. The zero-order chi connectivity index (χ0) is 8.97. The van der Waals surface area contributed by atoms with Gasteiger partial charge in [0.25, 0.3) is 0 Å². The number of nitrogens with zero attached hydrogens (tertiary/aromatic N) is 1. The summed E-state index contributed by atoms with van der Waals surface area (Å²) in [7, 11) is 0. The van der Waals surface area contributed by atoms with Gasteiger partial charge in [-0.2, -0.15) is 0 Å². The van der Waals surface area contributed by atoms with Crippen LogP contribution in [0.25, 0.3) is 0 Å². The highest BCUT2D eigenvalue weighted by Crippen LogP contribution is 2.14. The Hall–Kier alpha value is -1.24. The molecule has 1 heterocycles. The molecule has 0 bridgehead atoms. The lowest BCUT2D eigenvalue weighted by molar-refractivity contribution is 1.27. The Balaban J connectivity index is 2.97. The Morgan fingerprint density at radius 2 is 2.25 bits per heavy atom. The van der Waals surface area contributed by atoms with Crippen molar-refractivity contribution in [1.29, 1.82) is 0 Å². The fraction of sp³-hybridized carbons (Fsp3) is 0.125. The average molecular weight is 182 g/mol. The van der Waals surface area contributed by atoms with Crippen molar-refractivity contribution in [3.63, 3.8) is 0 Å². The lowest BCUT2D eigenvalue weighted by Crippen LogP contribution is -1.94. The van der Waals surface area contributed by atoms with Gasteiger partial charge in [0.05, 0.1) is 12.2 Å². The fourth-order valence-corrected chi connectivity index (χ4v) is 0.810. The van der Waals surface area contributed by atoms with Crippen LogP contribution in [0.5, 0.6) is 0 Å². The highest BCUT2D eigenvalue weighted by molar-refractivity contribution is 6.31. The maximum Gasteiger partial charge on any atom is 0.153 e. The Morgan fingerprint density at radius 3 is 2.83 bits per heavy atom. The van der Waals surface area contributed by atoms with Crippen molar-refractivity contribution in [2.75, 3.05) is 12.3 Å². The number of halogens is 1. The van der Waals surface area contributed by atoms with Gasteiger partial charge in [-0.25, -0.2) is 4.98 Å². The Labute approximate surface area is 75.7 Å². The van der Waals surface area contributed by atoms with Crippen LogP contribution in [0.1, 0.15) is 5.69 Å². The van der Waals surface area contributed by atoms with E-state index in [0.717, 1.165) is 0 Å². The summed E-state index contributed by atoms with van der Waals surface area (Å²) < 4.78 is 0. The van der Waals surface area contributed by atoms with Crippen molar-refractivity contribution in [3.05, 3.63) is 23.0 Å². The van der Waals surface area contributed by atoms with Crippen molar-refractivity contribution < 1.29 is 0 Å². The van der Waals surface area contributed by atoms with Crippen molar-refractivity contribution in [1.82, 2.24) is 4.98 Å². The van der Waals surface area contributed by atoms with Crippen LogP contribution in [0.4, 0.5) is 5.69 Å². The molecule has 0 spiro atoms. The number of anilines is 1. The third-order valence-electron chi connectivity index (χ3n) is 1.20. The molecule has 0 amide bonds. The number of nitrogen functional groups attached to an aromatic ring is 1. The van der Waals surface area contributed by atoms with E-state index < -0.39 is 0 Å². The number of rotatable bonds is 0. The molecule has 4 N–H and O–H groups in total. The van der Waals surface area contributed by atoms with Gasteiger partial charge in [-0.15, -0.1) is 0 Å². The van der Waals surface area contributed by atoms with Crippen LogP contribution < -0.4 is 11.5 Å². The quantitative estimate of drug-likeness (QED) is 0.456. The second kappa shape index (κ2) is 3.96. The molecule has 4 heteroatoms. The van der Waals surface area contributed by atoms with Crippen LogP contribution in [0, 0.1) is 11.8 Å². The Bertz CT molecular complexity index is 338. The van der Waals surface area contributed by atoms with Crippen LogP contribution in [0.2, 0.25) is 5.15 Å². The summed E-state index contributed by atoms with van der Waals surface area (Å²) >= 11 is 5.66. The van der Waals surface area contributed by atoms with E-state index in [-0.39, 0.29) is 5.15 Å². The van der Waals surface area contributed by atoms with Crippen molar-refractivity contribution >= 4 is 17.3 Å². The summed E-state index contributed by atoms with van der Waals surface area (Å²) in [5.41, 5.74) is 11.7. The van der Waals surface area contributed by atoms with Crippen LogP contribution in [-0.4, -0.2) is 11.5 Å². The molecule has 1 aromatic rings. The van der Waals surface area contributed by atoms with E-state index in [4.69, 9.17) is 23.1 Å². The summed E-state index contributed by atoms with van der Waals surface area (Å²) in [5.74, 6) is 5.41. The molecule has 62 valence electrons. The minimum atomic E-state index is 0.277. The summed E-state index contributed by atoms with van der Waals surface area (Å²) in [6.07, 6.45) is 0. The third kappa shape index (κ3) is 2.12. The molecule has 0 unspecified atom stereocenters. The fourth-order valence-electron chi connectivity index (χ4n) is 0.656. The van der Waals surface area contributed by atoms with E-state index in [2.05, 4.69) is 16.8 Å². The second-order valence-electron chi connectivity index (χ2n) is 2.08. The predicted molar refractivity (Wildman–Crippen MR) is 49.6 cm³/mol.